The minimum absolute atomic E-state index is 0.0259. The molecule has 5 rings (SSSR count). The third-order valence-corrected chi connectivity index (χ3v) is 7.00. The van der Waals surface area contributed by atoms with Crippen molar-refractivity contribution in [3.8, 4) is 5.75 Å². The first-order valence-corrected chi connectivity index (χ1v) is 10.9. The summed E-state index contributed by atoms with van der Waals surface area (Å²) in [5, 5.41) is 21.0. The van der Waals surface area contributed by atoms with Crippen LogP contribution in [0, 0.1) is 12.7 Å². The molecular weight excluding hydrogens is 439 g/mol. The highest BCUT2D eigenvalue weighted by molar-refractivity contribution is 6.30. The van der Waals surface area contributed by atoms with Gasteiger partial charge in [0.15, 0.2) is 6.61 Å². The Kier molecular flexibility index (Phi) is 5.89. The maximum atomic E-state index is 13.5. The lowest BCUT2D eigenvalue weighted by atomic mass is 9.60. The van der Waals surface area contributed by atoms with Crippen molar-refractivity contribution in [1.29, 1.82) is 0 Å². The van der Waals surface area contributed by atoms with Crippen molar-refractivity contribution < 1.29 is 23.8 Å². The second-order valence-electron chi connectivity index (χ2n) is 8.82. The summed E-state index contributed by atoms with van der Waals surface area (Å²) in [7, 11) is 1.78. The first-order valence-electron chi connectivity index (χ1n) is 10.5. The molecule has 2 bridgehead atoms. The third-order valence-electron chi connectivity index (χ3n) is 6.70. The van der Waals surface area contributed by atoms with E-state index in [1.54, 1.807) is 17.8 Å². The van der Waals surface area contributed by atoms with E-state index in [0.717, 1.165) is 11.8 Å². The van der Waals surface area contributed by atoms with Gasteiger partial charge in [0, 0.05) is 24.3 Å². The van der Waals surface area contributed by atoms with E-state index in [2.05, 4.69) is 15.7 Å². The zero-order valence-corrected chi connectivity index (χ0v) is 18.7. The number of aliphatic hydroxyl groups excluding tert-OH is 1. The van der Waals surface area contributed by atoms with E-state index in [-0.39, 0.29) is 23.3 Å². The molecule has 1 heterocycles. The molecule has 2 amide bonds. The molecule has 3 aliphatic carbocycles. The molecule has 3 fully saturated rings. The highest BCUT2D eigenvalue weighted by atomic mass is 35.5. The normalized spacial score (nSPS) is 26.6. The Morgan fingerprint density at radius 3 is 2.59 bits per heavy atom. The van der Waals surface area contributed by atoms with E-state index in [4.69, 9.17) is 16.3 Å². The minimum atomic E-state index is -0.812. The topological polar surface area (TPSA) is 105 Å². The Balaban J connectivity index is 1.35. The Labute approximate surface area is 190 Å². The fourth-order valence-corrected chi connectivity index (χ4v) is 4.79. The molecule has 3 saturated carbocycles. The molecule has 8 nitrogen and oxygen atoms in total. The maximum Gasteiger partial charge on any atom is 0.272 e. The molecule has 10 heteroatoms. The monoisotopic (exact) mass is 464 g/mol. The number of benzene rings is 1. The standard InChI is InChI=1S/C22H26ClFN4O4/c1-13-9-17(27-28(13)2)20(31)26-21-5-7-22(8-6-21,18(29)11-21)25-19(30)12-32-14-3-4-15(23)16(24)10-14/h3-4,9-10,18,29H,5-8,11-12H2,1-2H3,(H,25,30)(H,26,31). The quantitative estimate of drug-likeness (QED) is 0.608. The van der Waals surface area contributed by atoms with Crippen LogP contribution in [0.4, 0.5) is 4.39 Å². The number of rotatable bonds is 6. The second-order valence-corrected chi connectivity index (χ2v) is 9.23. The van der Waals surface area contributed by atoms with Gasteiger partial charge in [0.1, 0.15) is 17.3 Å². The average Bonchev–Trinajstić information content (AvgIpc) is 3.09. The molecule has 1 atom stereocenters. The van der Waals surface area contributed by atoms with E-state index in [1.165, 1.54) is 12.1 Å². The molecule has 172 valence electrons. The highest BCUT2D eigenvalue weighted by Gasteiger charge is 2.55. The lowest BCUT2D eigenvalue weighted by Gasteiger charge is -2.56. The van der Waals surface area contributed by atoms with Crippen LogP contribution < -0.4 is 15.4 Å². The van der Waals surface area contributed by atoms with Crippen molar-refractivity contribution in [3.05, 3.63) is 46.5 Å². The molecule has 0 radical (unpaired) electrons. The number of carbonyl (C=O) groups is 2. The van der Waals surface area contributed by atoms with Crippen molar-refractivity contribution in [3.63, 3.8) is 0 Å². The lowest BCUT2D eigenvalue weighted by molar-refractivity contribution is -0.132. The molecule has 1 aromatic heterocycles. The Bertz CT molecular complexity index is 1030. The van der Waals surface area contributed by atoms with Gasteiger partial charge in [0.25, 0.3) is 11.8 Å². The van der Waals surface area contributed by atoms with E-state index in [0.29, 0.717) is 37.8 Å². The van der Waals surface area contributed by atoms with Crippen molar-refractivity contribution in [2.75, 3.05) is 6.61 Å². The number of aryl methyl sites for hydroxylation is 2. The van der Waals surface area contributed by atoms with Crippen LogP contribution in [0.25, 0.3) is 0 Å². The molecule has 32 heavy (non-hydrogen) atoms. The van der Waals surface area contributed by atoms with Crippen molar-refractivity contribution >= 4 is 23.4 Å². The van der Waals surface area contributed by atoms with Crippen molar-refractivity contribution in [2.45, 2.75) is 56.2 Å². The van der Waals surface area contributed by atoms with Crippen LogP contribution in [0.3, 0.4) is 0 Å². The molecule has 3 aliphatic rings. The van der Waals surface area contributed by atoms with Gasteiger partial charge < -0.3 is 20.5 Å². The summed E-state index contributed by atoms with van der Waals surface area (Å²) in [5.41, 5.74) is -0.0588. The molecule has 1 aromatic carbocycles. The molecular formula is C22H26ClFN4O4. The Hall–Kier alpha value is -2.65. The van der Waals surface area contributed by atoms with Gasteiger partial charge in [-0.15, -0.1) is 0 Å². The molecule has 1 unspecified atom stereocenters. The molecule has 2 aromatic rings. The smallest absolute Gasteiger partial charge is 0.272 e. The van der Waals surface area contributed by atoms with Gasteiger partial charge in [0.05, 0.1) is 16.7 Å². The van der Waals surface area contributed by atoms with Gasteiger partial charge in [-0.2, -0.15) is 5.10 Å². The summed E-state index contributed by atoms with van der Waals surface area (Å²) in [5.74, 6) is -1.10. The molecule has 0 aliphatic heterocycles. The number of halogens is 2. The fourth-order valence-electron chi connectivity index (χ4n) is 4.67. The average molecular weight is 465 g/mol. The first kappa shape index (κ1) is 22.5. The number of hydrogen-bond donors (Lipinski definition) is 3. The number of ether oxygens (including phenoxy) is 1. The second kappa shape index (κ2) is 8.37. The summed E-state index contributed by atoms with van der Waals surface area (Å²) in [6, 6.07) is 5.68. The predicted octanol–water partition coefficient (Wildman–Crippen LogP) is 2.26. The van der Waals surface area contributed by atoms with Crippen LogP contribution in [0.2, 0.25) is 5.02 Å². The summed E-state index contributed by atoms with van der Waals surface area (Å²) in [6.45, 7) is 1.56. The minimum Gasteiger partial charge on any atom is -0.484 e. The molecule has 3 N–H and O–H groups in total. The van der Waals surface area contributed by atoms with Gasteiger partial charge in [-0.3, -0.25) is 14.3 Å². The highest BCUT2D eigenvalue weighted by Crippen LogP contribution is 2.47. The van der Waals surface area contributed by atoms with Gasteiger partial charge in [0.2, 0.25) is 0 Å². The van der Waals surface area contributed by atoms with E-state index in [1.807, 2.05) is 6.92 Å². The summed E-state index contributed by atoms with van der Waals surface area (Å²) in [4.78, 5) is 25.2. The van der Waals surface area contributed by atoms with Crippen molar-refractivity contribution in [1.82, 2.24) is 20.4 Å². The lowest BCUT2D eigenvalue weighted by Crippen LogP contribution is -2.70. The van der Waals surface area contributed by atoms with Gasteiger partial charge in [-0.1, -0.05) is 11.6 Å². The number of aromatic nitrogens is 2. The zero-order chi connectivity index (χ0) is 23.1. The van der Waals surface area contributed by atoms with Crippen LogP contribution in [-0.4, -0.2) is 50.5 Å². The van der Waals surface area contributed by atoms with E-state index in [9.17, 15) is 19.1 Å². The predicted molar refractivity (Wildman–Crippen MR) is 115 cm³/mol. The van der Waals surface area contributed by atoms with Gasteiger partial charge >= 0.3 is 0 Å². The van der Waals surface area contributed by atoms with Gasteiger partial charge in [-0.25, -0.2) is 4.39 Å². The van der Waals surface area contributed by atoms with Crippen LogP contribution in [-0.2, 0) is 11.8 Å². The summed E-state index contributed by atoms with van der Waals surface area (Å²) in [6.07, 6.45) is 1.84. The van der Waals surface area contributed by atoms with E-state index >= 15 is 0 Å². The number of amides is 2. The third kappa shape index (κ3) is 4.31. The van der Waals surface area contributed by atoms with Crippen LogP contribution in [0.1, 0.15) is 48.3 Å². The summed E-state index contributed by atoms with van der Waals surface area (Å²) >= 11 is 5.65. The van der Waals surface area contributed by atoms with Crippen molar-refractivity contribution in [2.24, 2.45) is 7.05 Å². The number of nitrogens with one attached hydrogen (secondary N) is 2. The Morgan fingerprint density at radius 1 is 1.28 bits per heavy atom. The van der Waals surface area contributed by atoms with Gasteiger partial charge in [-0.05, 0) is 57.2 Å². The SMILES string of the molecule is Cc1cc(C(=O)NC23CCC(NC(=O)COc4ccc(Cl)c(F)c4)(CC2)C(O)C3)nn1C. The molecule has 0 spiro atoms. The molecule has 0 saturated heterocycles. The van der Waals surface area contributed by atoms with Crippen LogP contribution in [0.15, 0.2) is 24.3 Å². The van der Waals surface area contributed by atoms with Crippen LogP contribution in [0.5, 0.6) is 5.75 Å². The zero-order valence-electron chi connectivity index (χ0n) is 18.0. The first-order chi connectivity index (χ1) is 15.1. The number of fused-ring (bicyclic) bond motifs is 3. The summed E-state index contributed by atoms with van der Waals surface area (Å²) < 4.78 is 20.5. The number of hydrogen-bond acceptors (Lipinski definition) is 5. The number of carbonyl (C=O) groups excluding carboxylic acids is 2. The number of nitrogens with zero attached hydrogens (tertiary/aromatic N) is 2. The fraction of sp³-hybridized carbons (Fsp3) is 0.500. The number of aliphatic hydroxyl groups is 1. The largest absolute Gasteiger partial charge is 0.484 e. The maximum absolute atomic E-state index is 13.5. The Morgan fingerprint density at radius 2 is 2.00 bits per heavy atom. The van der Waals surface area contributed by atoms with E-state index < -0.39 is 28.9 Å². The van der Waals surface area contributed by atoms with Crippen LogP contribution >= 0.6 is 11.6 Å².